The highest BCUT2D eigenvalue weighted by Crippen LogP contribution is 2.16. The molecule has 136 valence electrons. The summed E-state index contributed by atoms with van der Waals surface area (Å²) in [5.41, 5.74) is 1.14. The smallest absolute Gasteiger partial charge is 0.328 e. The van der Waals surface area contributed by atoms with Gasteiger partial charge in [-0.15, -0.1) is 0 Å². The Labute approximate surface area is 149 Å². The zero-order chi connectivity index (χ0) is 18.1. The molecular weight excluding hydrogens is 335 g/mol. The van der Waals surface area contributed by atoms with Crippen molar-refractivity contribution in [2.45, 2.75) is 25.4 Å². The van der Waals surface area contributed by atoms with Crippen LogP contribution in [0.3, 0.4) is 0 Å². The van der Waals surface area contributed by atoms with E-state index in [0.29, 0.717) is 28.7 Å². The molecule has 1 aliphatic heterocycles. The predicted octanol–water partition coefficient (Wildman–Crippen LogP) is 1.81. The Morgan fingerprint density at radius 2 is 2.08 bits per heavy atom. The number of anilines is 1. The highest BCUT2D eigenvalue weighted by atomic mass is 19.1. The fraction of sp³-hybridized carbons (Fsp3) is 0.389. The molecule has 0 atom stereocenters. The summed E-state index contributed by atoms with van der Waals surface area (Å²) in [5, 5.41) is 3.35. The fourth-order valence-electron chi connectivity index (χ4n) is 3.29. The normalized spacial score (nSPS) is 16.2. The van der Waals surface area contributed by atoms with Gasteiger partial charge in [-0.3, -0.25) is 4.57 Å². The molecule has 1 saturated heterocycles. The monoisotopic (exact) mass is 356 g/mol. The van der Waals surface area contributed by atoms with Gasteiger partial charge in [-0.05, 0) is 39.0 Å². The number of hydrogen-bond acceptors (Lipinski definition) is 5. The number of nitrogens with zero attached hydrogens (tertiary/aromatic N) is 4. The Morgan fingerprint density at radius 3 is 2.85 bits per heavy atom. The average molecular weight is 356 g/mol. The number of halogens is 1. The first kappa shape index (κ1) is 16.7. The molecule has 3 aromatic rings. The second-order valence-corrected chi connectivity index (χ2v) is 6.76. The van der Waals surface area contributed by atoms with Crippen molar-refractivity contribution in [3.05, 3.63) is 52.3 Å². The lowest BCUT2D eigenvalue weighted by molar-refractivity contribution is 0.263. The summed E-state index contributed by atoms with van der Waals surface area (Å²) >= 11 is 0. The van der Waals surface area contributed by atoms with E-state index in [2.05, 4.69) is 32.2 Å². The highest BCUT2D eigenvalue weighted by Gasteiger charge is 2.18. The lowest BCUT2D eigenvalue weighted by Gasteiger charge is -2.29. The third kappa shape index (κ3) is 3.32. The van der Waals surface area contributed by atoms with Crippen molar-refractivity contribution in [3.8, 4) is 0 Å². The third-order valence-electron chi connectivity index (χ3n) is 4.85. The summed E-state index contributed by atoms with van der Waals surface area (Å²) in [5.74, 6) is 0.154. The molecule has 0 saturated carbocycles. The van der Waals surface area contributed by atoms with Crippen LogP contribution in [-0.2, 0) is 6.54 Å². The van der Waals surface area contributed by atoms with Crippen molar-refractivity contribution >= 4 is 17.1 Å². The topological polar surface area (TPSA) is 78.8 Å². The molecule has 0 unspecified atom stereocenters. The quantitative estimate of drug-likeness (QED) is 0.745. The molecule has 7 nitrogen and oxygen atoms in total. The molecule has 0 radical (unpaired) electrons. The Bertz CT molecular complexity index is 973. The first-order valence-corrected chi connectivity index (χ1v) is 8.74. The predicted molar refractivity (Wildman–Crippen MR) is 97.8 cm³/mol. The molecule has 0 spiro atoms. The van der Waals surface area contributed by atoms with Crippen molar-refractivity contribution in [1.82, 2.24) is 24.4 Å². The van der Waals surface area contributed by atoms with Crippen LogP contribution >= 0.6 is 0 Å². The van der Waals surface area contributed by atoms with Crippen LogP contribution in [-0.4, -0.2) is 50.6 Å². The third-order valence-corrected chi connectivity index (χ3v) is 4.85. The number of benzene rings is 1. The summed E-state index contributed by atoms with van der Waals surface area (Å²) in [7, 11) is 2.11. The minimum Gasteiger partial charge on any atom is -0.351 e. The molecule has 0 aliphatic carbocycles. The van der Waals surface area contributed by atoms with Gasteiger partial charge in [0.1, 0.15) is 11.3 Å². The largest absolute Gasteiger partial charge is 0.351 e. The number of piperidine rings is 1. The van der Waals surface area contributed by atoms with E-state index in [4.69, 9.17) is 0 Å². The fourth-order valence-corrected chi connectivity index (χ4v) is 3.29. The van der Waals surface area contributed by atoms with Crippen molar-refractivity contribution < 1.29 is 4.39 Å². The molecule has 0 bridgehead atoms. The zero-order valence-electron chi connectivity index (χ0n) is 14.6. The minimum absolute atomic E-state index is 0.121. The second kappa shape index (κ2) is 6.87. The van der Waals surface area contributed by atoms with E-state index in [9.17, 15) is 9.18 Å². The summed E-state index contributed by atoms with van der Waals surface area (Å²) in [4.78, 5) is 26.1. The number of rotatable bonds is 4. The number of hydrogen-bond donors (Lipinski definition) is 2. The summed E-state index contributed by atoms with van der Waals surface area (Å²) in [6, 6.07) is 6.74. The van der Waals surface area contributed by atoms with Gasteiger partial charge >= 0.3 is 5.69 Å². The number of likely N-dealkylation sites (tertiary alicyclic amines) is 1. The Hall–Kier alpha value is -2.74. The number of aromatic amines is 1. The molecule has 4 rings (SSSR count). The van der Waals surface area contributed by atoms with Crippen LogP contribution in [0.2, 0.25) is 0 Å². The SMILES string of the molecule is CN1CCC(Nc2ncc3[nH]c(=O)n(Cc4ccccc4F)c3n2)CC1. The first-order valence-electron chi connectivity index (χ1n) is 8.74. The number of imidazole rings is 1. The molecule has 0 amide bonds. The zero-order valence-corrected chi connectivity index (χ0v) is 14.6. The average Bonchev–Trinajstić information content (AvgIpc) is 2.94. The maximum Gasteiger partial charge on any atom is 0.328 e. The number of H-pyrrole nitrogens is 1. The van der Waals surface area contributed by atoms with Crippen LogP contribution in [0.1, 0.15) is 18.4 Å². The first-order chi connectivity index (χ1) is 12.6. The van der Waals surface area contributed by atoms with Crippen molar-refractivity contribution in [2.75, 3.05) is 25.5 Å². The van der Waals surface area contributed by atoms with Gasteiger partial charge in [0.25, 0.3) is 0 Å². The maximum atomic E-state index is 14.0. The van der Waals surface area contributed by atoms with Crippen molar-refractivity contribution in [2.24, 2.45) is 0 Å². The van der Waals surface area contributed by atoms with E-state index in [-0.39, 0.29) is 18.1 Å². The maximum absolute atomic E-state index is 14.0. The molecule has 1 fully saturated rings. The molecule has 3 heterocycles. The number of aromatic nitrogens is 4. The number of nitrogens with one attached hydrogen (secondary N) is 2. The minimum atomic E-state index is -0.340. The van der Waals surface area contributed by atoms with Gasteiger partial charge in [-0.2, -0.15) is 4.98 Å². The van der Waals surface area contributed by atoms with Crippen LogP contribution in [0, 0.1) is 5.82 Å². The van der Waals surface area contributed by atoms with Crippen molar-refractivity contribution in [1.29, 1.82) is 0 Å². The van der Waals surface area contributed by atoms with Gasteiger partial charge < -0.3 is 15.2 Å². The lowest BCUT2D eigenvalue weighted by atomic mass is 10.1. The second-order valence-electron chi connectivity index (χ2n) is 6.76. The molecular formula is C18H21FN6O. The number of fused-ring (bicyclic) bond motifs is 1. The lowest BCUT2D eigenvalue weighted by Crippen LogP contribution is -2.37. The summed E-state index contributed by atoms with van der Waals surface area (Å²) in [6.07, 6.45) is 3.64. The molecule has 1 aromatic carbocycles. The molecule has 8 heteroatoms. The molecule has 2 aromatic heterocycles. The van der Waals surface area contributed by atoms with Gasteiger partial charge in [0, 0.05) is 11.6 Å². The molecule has 2 N–H and O–H groups in total. The Morgan fingerprint density at radius 1 is 1.31 bits per heavy atom. The van der Waals surface area contributed by atoms with E-state index < -0.39 is 0 Å². The standard InChI is InChI=1S/C18H21FN6O/c1-24-8-6-13(7-9-24)21-17-20-10-15-16(23-17)25(18(26)22-15)11-12-4-2-3-5-14(12)19/h2-5,10,13H,6-9,11H2,1H3,(H,22,26)(H,20,21,23). The van der Waals surface area contributed by atoms with E-state index in [0.717, 1.165) is 25.9 Å². The van der Waals surface area contributed by atoms with E-state index in [1.165, 1.54) is 10.6 Å². The Kier molecular flexibility index (Phi) is 4.42. The van der Waals surface area contributed by atoms with Gasteiger partial charge in [0.2, 0.25) is 5.95 Å². The summed E-state index contributed by atoms with van der Waals surface area (Å²) in [6.45, 7) is 2.18. The van der Waals surface area contributed by atoms with Gasteiger partial charge in [0.15, 0.2) is 5.65 Å². The van der Waals surface area contributed by atoms with E-state index in [1.807, 2.05) is 0 Å². The van der Waals surface area contributed by atoms with Gasteiger partial charge in [-0.1, -0.05) is 18.2 Å². The Balaban J connectivity index is 1.62. The van der Waals surface area contributed by atoms with Crippen LogP contribution in [0.4, 0.5) is 10.3 Å². The van der Waals surface area contributed by atoms with Crippen LogP contribution in [0.25, 0.3) is 11.2 Å². The van der Waals surface area contributed by atoms with Crippen LogP contribution in [0.15, 0.2) is 35.3 Å². The van der Waals surface area contributed by atoms with E-state index >= 15 is 0 Å². The van der Waals surface area contributed by atoms with Gasteiger partial charge in [0.05, 0.1) is 12.7 Å². The van der Waals surface area contributed by atoms with Crippen molar-refractivity contribution in [3.63, 3.8) is 0 Å². The van der Waals surface area contributed by atoms with Crippen LogP contribution in [0.5, 0.6) is 0 Å². The van der Waals surface area contributed by atoms with Crippen LogP contribution < -0.4 is 11.0 Å². The summed E-state index contributed by atoms with van der Waals surface area (Å²) < 4.78 is 15.4. The van der Waals surface area contributed by atoms with Gasteiger partial charge in [-0.25, -0.2) is 14.2 Å². The molecule has 1 aliphatic rings. The van der Waals surface area contributed by atoms with E-state index in [1.54, 1.807) is 24.4 Å². The highest BCUT2D eigenvalue weighted by molar-refractivity contribution is 5.71. The molecule has 26 heavy (non-hydrogen) atoms.